The van der Waals surface area contributed by atoms with E-state index in [1.165, 1.54) is 11.0 Å². The summed E-state index contributed by atoms with van der Waals surface area (Å²) < 4.78 is 45.3. The number of aryl methyl sites for hydroxylation is 1. The van der Waals surface area contributed by atoms with Gasteiger partial charge in [-0.2, -0.15) is 23.7 Å². The van der Waals surface area contributed by atoms with Gasteiger partial charge >= 0.3 is 6.18 Å². The molecule has 48 heavy (non-hydrogen) atoms. The maximum atomic E-state index is 14.5. The van der Waals surface area contributed by atoms with E-state index in [0.29, 0.717) is 51.4 Å². The van der Waals surface area contributed by atoms with Crippen LogP contribution in [0.25, 0.3) is 22.5 Å². The zero-order chi connectivity index (χ0) is 33.8. The molecule has 244 valence electrons. The van der Waals surface area contributed by atoms with Crippen LogP contribution < -0.4 is 10.2 Å². The first-order valence-electron chi connectivity index (χ1n) is 15.8. The summed E-state index contributed by atoms with van der Waals surface area (Å²) in [5, 5.41) is 30.4. The number of likely N-dealkylation sites (tertiary alicyclic amines) is 1. The van der Waals surface area contributed by atoms with E-state index in [1.807, 2.05) is 0 Å². The summed E-state index contributed by atoms with van der Waals surface area (Å²) in [6.07, 6.45) is 0.267. The molecule has 0 unspecified atom stereocenters. The van der Waals surface area contributed by atoms with Gasteiger partial charge < -0.3 is 9.88 Å². The zero-order valence-corrected chi connectivity index (χ0v) is 26.5. The molecule has 1 atom stereocenters. The second kappa shape index (κ2) is 11.8. The maximum Gasteiger partial charge on any atom is 0.416 e. The van der Waals surface area contributed by atoms with Gasteiger partial charge in [0.1, 0.15) is 18.0 Å². The van der Waals surface area contributed by atoms with E-state index in [1.54, 1.807) is 61.3 Å². The second-order valence-electron chi connectivity index (χ2n) is 13.2. The van der Waals surface area contributed by atoms with Gasteiger partial charge in [0.25, 0.3) is 5.91 Å². The van der Waals surface area contributed by atoms with Gasteiger partial charge in [-0.25, -0.2) is 4.98 Å². The van der Waals surface area contributed by atoms with E-state index in [-0.39, 0.29) is 36.0 Å². The predicted molar refractivity (Wildman–Crippen MR) is 171 cm³/mol. The van der Waals surface area contributed by atoms with Gasteiger partial charge in [-0.1, -0.05) is 0 Å². The van der Waals surface area contributed by atoms with Crippen molar-refractivity contribution in [3.63, 3.8) is 0 Å². The number of hydrogen-bond acceptors (Lipinski definition) is 8. The van der Waals surface area contributed by atoms with Crippen molar-refractivity contribution >= 4 is 17.5 Å². The highest BCUT2D eigenvalue weighted by atomic mass is 19.4. The molecule has 1 amide bonds. The molecule has 7 rings (SSSR count). The molecule has 4 aromatic rings. The van der Waals surface area contributed by atoms with Crippen molar-refractivity contribution in [3.05, 3.63) is 76.6 Å². The molecule has 4 heterocycles. The standard InChI is InChI=1S/C35H32F3N9O/c1-21(14-39)16-41-30-12-24(26-9-22(15-40)3-4-25(26)32-44-42-20-45(32)2)13-31(43-30)47-18-28-27(33(47)48)10-23(11-29(28)35(36,37)38)17-46-8-7-34(19-46)5-6-34/h3-4,9-13,20-21H,5-8,16-19H2,1-2H3,(H,41,43)/t21-/m0/s1. The summed E-state index contributed by atoms with van der Waals surface area (Å²) in [7, 11) is 1.78. The fourth-order valence-corrected chi connectivity index (χ4v) is 6.78. The molecular formula is C35H32F3N9O. The third-order valence-corrected chi connectivity index (χ3v) is 9.60. The van der Waals surface area contributed by atoms with E-state index in [4.69, 9.17) is 0 Å². The molecule has 3 aliphatic rings. The molecule has 1 N–H and O–H groups in total. The maximum absolute atomic E-state index is 14.5. The van der Waals surface area contributed by atoms with Crippen molar-refractivity contribution in [1.29, 1.82) is 10.5 Å². The third kappa shape index (κ3) is 5.86. The quantitative estimate of drug-likeness (QED) is 0.240. The molecule has 1 saturated carbocycles. The van der Waals surface area contributed by atoms with Crippen LogP contribution in [0, 0.1) is 34.0 Å². The number of hydrogen-bond donors (Lipinski definition) is 1. The molecule has 2 fully saturated rings. The van der Waals surface area contributed by atoms with E-state index in [9.17, 15) is 28.5 Å². The summed E-state index contributed by atoms with van der Waals surface area (Å²) in [6, 6.07) is 15.5. The van der Waals surface area contributed by atoms with Gasteiger partial charge in [-0.15, -0.1) is 10.2 Å². The van der Waals surface area contributed by atoms with E-state index in [0.717, 1.165) is 32.4 Å². The largest absolute Gasteiger partial charge is 0.416 e. The summed E-state index contributed by atoms with van der Waals surface area (Å²) in [6.45, 7) is 3.72. The van der Waals surface area contributed by atoms with Crippen LogP contribution in [0.4, 0.5) is 24.8 Å². The molecular weight excluding hydrogens is 619 g/mol. The van der Waals surface area contributed by atoms with Crippen molar-refractivity contribution in [2.24, 2.45) is 18.4 Å². The average Bonchev–Trinajstić information content (AvgIpc) is 3.33. The highest BCUT2D eigenvalue weighted by Gasteiger charge is 2.48. The molecule has 2 aliphatic heterocycles. The summed E-state index contributed by atoms with van der Waals surface area (Å²) >= 11 is 0. The molecule has 1 aliphatic carbocycles. The van der Waals surface area contributed by atoms with Gasteiger partial charge in [-0.3, -0.25) is 14.6 Å². The van der Waals surface area contributed by atoms with Crippen LogP contribution in [0.1, 0.15) is 58.8 Å². The summed E-state index contributed by atoms with van der Waals surface area (Å²) in [5.41, 5.74) is 2.08. The number of halogens is 3. The van der Waals surface area contributed by atoms with Gasteiger partial charge in [-0.05, 0) is 103 Å². The lowest BCUT2D eigenvalue weighted by Crippen LogP contribution is -2.25. The van der Waals surface area contributed by atoms with Crippen LogP contribution in [0.3, 0.4) is 0 Å². The van der Waals surface area contributed by atoms with Gasteiger partial charge in [0.15, 0.2) is 5.82 Å². The lowest BCUT2D eigenvalue weighted by Gasteiger charge is -2.19. The lowest BCUT2D eigenvalue weighted by molar-refractivity contribution is -0.138. The molecule has 13 heteroatoms. The number of nitrogens with zero attached hydrogens (tertiary/aromatic N) is 8. The Hall–Kier alpha value is -5.27. The fraction of sp³-hybridized carbons (Fsp3) is 0.371. The number of nitrogens with one attached hydrogen (secondary N) is 1. The summed E-state index contributed by atoms with van der Waals surface area (Å²) in [4.78, 5) is 22.1. The van der Waals surface area contributed by atoms with Gasteiger partial charge in [0, 0.05) is 37.8 Å². The summed E-state index contributed by atoms with van der Waals surface area (Å²) in [5.74, 6) is 0.0399. The predicted octanol–water partition coefficient (Wildman–Crippen LogP) is 6.15. The first-order valence-corrected chi connectivity index (χ1v) is 15.8. The Kier molecular flexibility index (Phi) is 7.68. The van der Waals surface area contributed by atoms with Gasteiger partial charge in [0.2, 0.25) is 0 Å². The van der Waals surface area contributed by atoms with Crippen molar-refractivity contribution in [2.45, 2.75) is 45.5 Å². The first kappa shape index (κ1) is 31.3. The highest BCUT2D eigenvalue weighted by Crippen LogP contribution is 2.53. The lowest BCUT2D eigenvalue weighted by atomic mass is 9.97. The van der Waals surface area contributed by atoms with Crippen LogP contribution in [-0.4, -0.2) is 50.2 Å². The number of alkyl halides is 3. The Bertz CT molecular complexity index is 2020. The SMILES string of the molecule is C[C@@H](C#N)CNc1cc(-c2cc(C#N)ccc2-c2nncn2C)cc(N2Cc3c(cc(CN4CCC5(CC5)C4)cc3C(F)(F)F)C2=O)n1. The number of carbonyl (C=O) groups excluding carboxylic acids is 1. The minimum absolute atomic E-state index is 0.0197. The third-order valence-electron chi connectivity index (χ3n) is 9.60. The van der Waals surface area contributed by atoms with Crippen LogP contribution in [-0.2, 0) is 26.3 Å². The molecule has 2 aromatic heterocycles. The van der Waals surface area contributed by atoms with Crippen LogP contribution in [0.5, 0.6) is 0 Å². The van der Waals surface area contributed by atoms with Crippen LogP contribution >= 0.6 is 0 Å². The van der Waals surface area contributed by atoms with Gasteiger partial charge in [0.05, 0.1) is 35.7 Å². The minimum atomic E-state index is -4.66. The Balaban J connectivity index is 1.30. The van der Waals surface area contributed by atoms with Crippen molar-refractivity contribution in [2.75, 3.05) is 29.9 Å². The molecule has 0 bridgehead atoms. The number of rotatable bonds is 8. The second-order valence-corrected chi connectivity index (χ2v) is 13.2. The van der Waals surface area contributed by atoms with E-state index in [2.05, 4.69) is 37.5 Å². The molecule has 1 saturated heterocycles. The first-order chi connectivity index (χ1) is 23.0. The van der Waals surface area contributed by atoms with Crippen LogP contribution in [0.15, 0.2) is 48.8 Å². The molecule has 0 radical (unpaired) electrons. The minimum Gasteiger partial charge on any atom is -0.369 e. The molecule has 1 spiro atoms. The number of aromatic nitrogens is 4. The Morgan fingerprint density at radius 2 is 1.88 bits per heavy atom. The number of benzene rings is 2. The Labute approximate surface area is 275 Å². The van der Waals surface area contributed by atoms with E-state index >= 15 is 0 Å². The normalized spacial score (nSPS) is 17.3. The number of nitriles is 2. The van der Waals surface area contributed by atoms with Crippen LogP contribution in [0.2, 0.25) is 0 Å². The van der Waals surface area contributed by atoms with Crippen molar-refractivity contribution < 1.29 is 18.0 Å². The Morgan fingerprint density at radius 3 is 2.54 bits per heavy atom. The number of pyridine rings is 1. The highest BCUT2D eigenvalue weighted by molar-refractivity contribution is 6.10. The van der Waals surface area contributed by atoms with Crippen molar-refractivity contribution in [3.8, 4) is 34.7 Å². The topological polar surface area (TPSA) is 127 Å². The number of carbonyl (C=O) groups is 1. The number of fused-ring (bicyclic) bond motifs is 1. The number of amides is 1. The fourth-order valence-electron chi connectivity index (χ4n) is 6.78. The molecule has 2 aromatic carbocycles. The van der Waals surface area contributed by atoms with E-state index < -0.39 is 17.6 Å². The zero-order valence-electron chi connectivity index (χ0n) is 26.5. The monoisotopic (exact) mass is 651 g/mol. The molecule has 10 nitrogen and oxygen atoms in total. The smallest absolute Gasteiger partial charge is 0.369 e. The van der Waals surface area contributed by atoms with Crippen molar-refractivity contribution in [1.82, 2.24) is 24.6 Å². The number of anilines is 2. The Morgan fingerprint density at radius 1 is 1.06 bits per heavy atom. The average molecular weight is 652 g/mol.